The highest BCUT2D eigenvalue weighted by Gasteiger charge is 2.31. The van der Waals surface area contributed by atoms with Gasteiger partial charge in [0.05, 0.1) is 0 Å². The third-order valence-corrected chi connectivity index (χ3v) is 3.73. The molecule has 1 aliphatic rings. The van der Waals surface area contributed by atoms with Crippen LogP contribution in [0.3, 0.4) is 0 Å². The molecule has 2 rings (SSSR count). The lowest BCUT2D eigenvalue weighted by Crippen LogP contribution is -2.32. The third-order valence-electron chi connectivity index (χ3n) is 3.15. The van der Waals surface area contributed by atoms with Crippen molar-refractivity contribution in [2.45, 2.75) is 24.9 Å². The van der Waals surface area contributed by atoms with Gasteiger partial charge in [-0.25, -0.2) is 0 Å². The second-order valence-corrected chi connectivity index (χ2v) is 5.16. The van der Waals surface area contributed by atoms with Gasteiger partial charge in [0.25, 0.3) is 0 Å². The van der Waals surface area contributed by atoms with Gasteiger partial charge >= 0.3 is 0 Å². The molecule has 0 spiro atoms. The molecule has 1 atom stereocenters. The Bertz CT molecular complexity index is 377. The van der Waals surface area contributed by atoms with E-state index in [9.17, 15) is 0 Å². The van der Waals surface area contributed by atoms with E-state index in [1.54, 1.807) is 6.07 Å². The maximum Gasteiger partial charge on any atom is 0.0485 e. The number of nitrogens with zero attached hydrogens (tertiary/aromatic N) is 1. The summed E-state index contributed by atoms with van der Waals surface area (Å²) in [5, 5.41) is 1.45. The van der Waals surface area contributed by atoms with Crippen LogP contribution in [0.5, 0.6) is 0 Å². The fourth-order valence-corrected chi connectivity index (χ4v) is 2.44. The highest BCUT2D eigenvalue weighted by atomic mass is 35.5. The van der Waals surface area contributed by atoms with E-state index in [2.05, 4.69) is 11.9 Å². The Morgan fingerprint density at radius 2 is 2.12 bits per heavy atom. The van der Waals surface area contributed by atoms with Crippen LogP contribution in [-0.4, -0.2) is 24.5 Å². The van der Waals surface area contributed by atoms with Gasteiger partial charge < -0.3 is 5.73 Å². The van der Waals surface area contributed by atoms with Crippen molar-refractivity contribution in [1.82, 2.24) is 4.90 Å². The van der Waals surface area contributed by atoms with Crippen LogP contribution in [-0.2, 0) is 0 Å². The summed E-state index contributed by atoms with van der Waals surface area (Å²) in [7, 11) is 2.10. The van der Waals surface area contributed by atoms with Crippen molar-refractivity contribution in [1.29, 1.82) is 0 Å². The van der Waals surface area contributed by atoms with E-state index in [1.165, 1.54) is 12.8 Å². The molecule has 2 N–H and O–H groups in total. The Balaban J connectivity index is 2.27. The van der Waals surface area contributed by atoms with E-state index in [1.807, 2.05) is 12.1 Å². The van der Waals surface area contributed by atoms with Crippen molar-refractivity contribution >= 4 is 23.2 Å². The second kappa shape index (κ2) is 4.92. The lowest BCUT2D eigenvalue weighted by molar-refractivity contribution is 0.240. The van der Waals surface area contributed by atoms with Crippen molar-refractivity contribution in [3.05, 3.63) is 33.8 Å². The quantitative estimate of drug-likeness (QED) is 0.900. The van der Waals surface area contributed by atoms with Gasteiger partial charge in [-0.2, -0.15) is 0 Å². The second-order valence-electron chi connectivity index (χ2n) is 4.31. The molecule has 2 nitrogen and oxygen atoms in total. The topological polar surface area (TPSA) is 29.3 Å². The van der Waals surface area contributed by atoms with Crippen molar-refractivity contribution in [2.24, 2.45) is 5.73 Å². The summed E-state index contributed by atoms with van der Waals surface area (Å²) in [5.41, 5.74) is 6.88. The zero-order valence-electron chi connectivity index (χ0n) is 9.29. The summed E-state index contributed by atoms with van der Waals surface area (Å²) < 4.78 is 0. The fourth-order valence-electron chi connectivity index (χ4n) is 2.02. The first kappa shape index (κ1) is 12.2. The molecule has 1 aromatic carbocycles. The van der Waals surface area contributed by atoms with E-state index < -0.39 is 0 Å². The minimum absolute atomic E-state index is 0.165. The highest BCUT2D eigenvalue weighted by Crippen LogP contribution is 2.35. The molecule has 1 aromatic rings. The Labute approximate surface area is 106 Å². The van der Waals surface area contributed by atoms with Crippen molar-refractivity contribution < 1.29 is 0 Å². The zero-order chi connectivity index (χ0) is 11.7. The third kappa shape index (κ3) is 2.51. The molecule has 1 fully saturated rings. The summed E-state index contributed by atoms with van der Waals surface area (Å²) >= 11 is 12.2. The van der Waals surface area contributed by atoms with Gasteiger partial charge in [-0.15, -0.1) is 0 Å². The maximum atomic E-state index is 6.20. The smallest absolute Gasteiger partial charge is 0.0485 e. The first-order valence-corrected chi connectivity index (χ1v) is 6.26. The standard InChI is InChI=1S/C12H16Cl2N2/c1-16(9-3-4-9)12(7-15)10-6-8(13)2-5-11(10)14/h2,5-6,9,12H,3-4,7,15H2,1H3. The number of likely N-dealkylation sites (N-methyl/N-ethyl adjacent to an activating group) is 1. The van der Waals surface area contributed by atoms with Gasteiger partial charge in [0, 0.05) is 28.7 Å². The van der Waals surface area contributed by atoms with E-state index in [-0.39, 0.29) is 6.04 Å². The number of hydrogen-bond donors (Lipinski definition) is 1. The molecule has 0 saturated heterocycles. The van der Waals surface area contributed by atoms with E-state index in [0.29, 0.717) is 17.6 Å². The summed E-state index contributed by atoms with van der Waals surface area (Å²) in [5.74, 6) is 0. The number of hydrogen-bond acceptors (Lipinski definition) is 2. The molecule has 0 bridgehead atoms. The molecule has 1 saturated carbocycles. The number of nitrogens with two attached hydrogens (primary N) is 1. The molecule has 0 aliphatic heterocycles. The Morgan fingerprint density at radius 3 is 2.69 bits per heavy atom. The molecular formula is C12H16Cl2N2. The van der Waals surface area contributed by atoms with Crippen LogP contribution in [0.1, 0.15) is 24.4 Å². The Kier molecular flexibility index (Phi) is 3.75. The molecule has 16 heavy (non-hydrogen) atoms. The predicted molar refractivity (Wildman–Crippen MR) is 69.0 cm³/mol. The Hall–Kier alpha value is -0.280. The first-order chi connectivity index (χ1) is 7.63. The van der Waals surface area contributed by atoms with Gasteiger partial charge in [0.15, 0.2) is 0 Å². The maximum absolute atomic E-state index is 6.20. The Morgan fingerprint density at radius 1 is 1.44 bits per heavy atom. The van der Waals surface area contributed by atoms with Gasteiger partial charge in [-0.1, -0.05) is 23.2 Å². The lowest BCUT2D eigenvalue weighted by Gasteiger charge is -2.28. The number of halogens is 2. The molecule has 0 amide bonds. The van der Waals surface area contributed by atoms with Crippen LogP contribution in [0.2, 0.25) is 10.0 Å². The molecule has 0 aromatic heterocycles. The minimum atomic E-state index is 0.165. The van der Waals surface area contributed by atoms with Crippen LogP contribution in [0.25, 0.3) is 0 Å². The van der Waals surface area contributed by atoms with Gasteiger partial charge in [-0.3, -0.25) is 4.90 Å². The van der Waals surface area contributed by atoms with Gasteiger partial charge in [0.1, 0.15) is 0 Å². The van der Waals surface area contributed by atoms with E-state index >= 15 is 0 Å². The van der Waals surface area contributed by atoms with Crippen LogP contribution < -0.4 is 5.73 Å². The summed E-state index contributed by atoms with van der Waals surface area (Å²) in [6, 6.07) is 6.38. The molecule has 0 radical (unpaired) electrons. The summed E-state index contributed by atoms with van der Waals surface area (Å²) in [6.45, 7) is 0.563. The van der Waals surface area contributed by atoms with Crippen LogP contribution >= 0.6 is 23.2 Å². The molecular weight excluding hydrogens is 243 g/mol. The van der Waals surface area contributed by atoms with Crippen molar-refractivity contribution in [3.8, 4) is 0 Å². The van der Waals surface area contributed by atoms with Crippen molar-refractivity contribution in [2.75, 3.05) is 13.6 Å². The monoisotopic (exact) mass is 258 g/mol. The van der Waals surface area contributed by atoms with Gasteiger partial charge in [-0.05, 0) is 43.7 Å². The largest absolute Gasteiger partial charge is 0.329 e. The van der Waals surface area contributed by atoms with Crippen LogP contribution in [0, 0.1) is 0 Å². The number of rotatable bonds is 4. The minimum Gasteiger partial charge on any atom is -0.329 e. The molecule has 1 unspecified atom stereocenters. The average molecular weight is 259 g/mol. The summed E-state index contributed by atoms with van der Waals surface area (Å²) in [6.07, 6.45) is 2.51. The molecule has 1 aliphatic carbocycles. The van der Waals surface area contributed by atoms with Gasteiger partial charge in [0.2, 0.25) is 0 Å². The zero-order valence-corrected chi connectivity index (χ0v) is 10.8. The summed E-state index contributed by atoms with van der Waals surface area (Å²) in [4.78, 5) is 2.30. The van der Waals surface area contributed by atoms with Crippen LogP contribution in [0.15, 0.2) is 18.2 Å². The fraction of sp³-hybridized carbons (Fsp3) is 0.500. The average Bonchev–Trinajstić information content (AvgIpc) is 3.07. The molecule has 88 valence electrons. The SMILES string of the molecule is CN(C1CC1)C(CN)c1cc(Cl)ccc1Cl. The van der Waals surface area contributed by atoms with E-state index in [4.69, 9.17) is 28.9 Å². The normalized spacial score (nSPS) is 17.8. The van der Waals surface area contributed by atoms with E-state index in [0.717, 1.165) is 10.6 Å². The molecule has 0 heterocycles. The molecule has 4 heteroatoms. The highest BCUT2D eigenvalue weighted by molar-refractivity contribution is 6.33. The predicted octanol–water partition coefficient (Wildman–Crippen LogP) is 3.09. The lowest BCUT2D eigenvalue weighted by atomic mass is 10.1. The van der Waals surface area contributed by atoms with Crippen molar-refractivity contribution in [3.63, 3.8) is 0 Å². The first-order valence-electron chi connectivity index (χ1n) is 5.50. The van der Waals surface area contributed by atoms with Crippen LogP contribution in [0.4, 0.5) is 0 Å². The number of benzene rings is 1.